The lowest BCUT2D eigenvalue weighted by Gasteiger charge is -2.09. The van der Waals surface area contributed by atoms with Gasteiger partial charge in [0.05, 0.1) is 6.04 Å². The van der Waals surface area contributed by atoms with Crippen molar-refractivity contribution in [1.82, 2.24) is 10.1 Å². The van der Waals surface area contributed by atoms with Crippen LogP contribution in [0.1, 0.15) is 50.6 Å². The van der Waals surface area contributed by atoms with E-state index in [1.54, 1.807) is 11.8 Å². The van der Waals surface area contributed by atoms with Crippen molar-refractivity contribution in [2.45, 2.75) is 38.8 Å². The molecule has 1 aromatic rings. The minimum atomic E-state index is -0.178. The summed E-state index contributed by atoms with van der Waals surface area (Å²) in [6, 6.07) is -0.178. The molecule has 0 saturated carbocycles. The SMILES string of the molecule is CCOC(CC)c1noc(C(N)CCSC)n1. The van der Waals surface area contributed by atoms with Gasteiger partial charge in [-0.1, -0.05) is 12.1 Å². The number of aromatic nitrogens is 2. The van der Waals surface area contributed by atoms with Crippen molar-refractivity contribution in [2.75, 3.05) is 18.6 Å². The van der Waals surface area contributed by atoms with E-state index in [-0.39, 0.29) is 12.1 Å². The number of ether oxygens (including phenoxy) is 1. The summed E-state index contributed by atoms with van der Waals surface area (Å²) in [5, 5.41) is 3.94. The molecule has 98 valence electrons. The Kier molecular flexibility index (Phi) is 6.54. The predicted octanol–water partition coefficient (Wildman–Crippen LogP) is 2.31. The monoisotopic (exact) mass is 259 g/mol. The third kappa shape index (κ3) is 4.29. The maximum atomic E-state index is 5.96. The normalized spacial score (nSPS) is 14.8. The molecule has 0 amide bonds. The smallest absolute Gasteiger partial charge is 0.243 e. The average molecular weight is 259 g/mol. The largest absolute Gasteiger partial charge is 0.370 e. The number of nitrogens with two attached hydrogens (primary N) is 1. The molecule has 2 N–H and O–H groups in total. The summed E-state index contributed by atoms with van der Waals surface area (Å²) < 4.78 is 10.7. The van der Waals surface area contributed by atoms with Crippen molar-refractivity contribution in [3.8, 4) is 0 Å². The maximum absolute atomic E-state index is 5.96. The zero-order valence-corrected chi connectivity index (χ0v) is 11.5. The maximum Gasteiger partial charge on any atom is 0.243 e. The van der Waals surface area contributed by atoms with E-state index in [0.29, 0.717) is 18.3 Å². The van der Waals surface area contributed by atoms with E-state index in [0.717, 1.165) is 18.6 Å². The fourth-order valence-electron chi connectivity index (χ4n) is 1.47. The quantitative estimate of drug-likeness (QED) is 0.772. The topological polar surface area (TPSA) is 74.2 Å². The minimum absolute atomic E-state index is 0.0924. The molecule has 0 saturated heterocycles. The Morgan fingerprint density at radius 2 is 2.24 bits per heavy atom. The molecule has 0 aliphatic rings. The summed E-state index contributed by atoms with van der Waals surface area (Å²) in [6.07, 6.45) is 3.63. The van der Waals surface area contributed by atoms with Crippen LogP contribution >= 0.6 is 11.8 Å². The summed E-state index contributed by atoms with van der Waals surface area (Å²) in [5.74, 6) is 2.10. The molecule has 0 aromatic carbocycles. The van der Waals surface area contributed by atoms with Crippen molar-refractivity contribution in [3.63, 3.8) is 0 Å². The van der Waals surface area contributed by atoms with Crippen LogP contribution in [0, 0.1) is 0 Å². The Morgan fingerprint density at radius 1 is 1.47 bits per heavy atom. The van der Waals surface area contributed by atoms with Crippen LogP contribution in [0.2, 0.25) is 0 Å². The third-order valence-corrected chi connectivity index (χ3v) is 3.08. The van der Waals surface area contributed by atoms with Crippen molar-refractivity contribution in [2.24, 2.45) is 5.73 Å². The number of nitrogens with zero attached hydrogens (tertiary/aromatic N) is 2. The molecule has 1 aromatic heterocycles. The van der Waals surface area contributed by atoms with E-state index in [4.69, 9.17) is 15.0 Å². The zero-order chi connectivity index (χ0) is 12.7. The molecule has 2 unspecified atom stereocenters. The highest BCUT2D eigenvalue weighted by Gasteiger charge is 2.19. The third-order valence-electron chi connectivity index (χ3n) is 2.43. The second kappa shape index (κ2) is 7.68. The molecule has 0 aliphatic heterocycles. The first-order valence-electron chi connectivity index (χ1n) is 5.92. The zero-order valence-electron chi connectivity index (χ0n) is 10.7. The summed E-state index contributed by atoms with van der Waals surface area (Å²) in [7, 11) is 0. The van der Waals surface area contributed by atoms with E-state index in [1.165, 1.54) is 0 Å². The summed E-state index contributed by atoms with van der Waals surface area (Å²) >= 11 is 1.76. The molecule has 17 heavy (non-hydrogen) atoms. The van der Waals surface area contributed by atoms with Gasteiger partial charge in [0.2, 0.25) is 11.7 Å². The Balaban J connectivity index is 2.62. The van der Waals surface area contributed by atoms with Crippen LogP contribution in [0.5, 0.6) is 0 Å². The highest BCUT2D eigenvalue weighted by Crippen LogP contribution is 2.20. The van der Waals surface area contributed by atoms with Crippen LogP contribution in [-0.4, -0.2) is 28.8 Å². The number of hydrogen-bond acceptors (Lipinski definition) is 6. The lowest BCUT2D eigenvalue weighted by Crippen LogP contribution is -2.12. The molecule has 6 heteroatoms. The lowest BCUT2D eigenvalue weighted by molar-refractivity contribution is 0.0518. The molecule has 2 atom stereocenters. The van der Waals surface area contributed by atoms with Gasteiger partial charge in [0.1, 0.15) is 6.10 Å². The van der Waals surface area contributed by atoms with Gasteiger partial charge >= 0.3 is 0 Å². The van der Waals surface area contributed by atoms with E-state index >= 15 is 0 Å². The van der Waals surface area contributed by atoms with Gasteiger partial charge in [0.25, 0.3) is 0 Å². The molecular weight excluding hydrogens is 238 g/mol. The van der Waals surface area contributed by atoms with E-state index in [1.807, 2.05) is 20.1 Å². The minimum Gasteiger partial charge on any atom is -0.370 e. The van der Waals surface area contributed by atoms with Crippen LogP contribution in [0.15, 0.2) is 4.52 Å². The van der Waals surface area contributed by atoms with Crippen molar-refractivity contribution in [3.05, 3.63) is 11.7 Å². The van der Waals surface area contributed by atoms with E-state index < -0.39 is 0 Å². The molecule has 0 radical (unpaired) electrons. The molecule has 5 nitrogen and oxygen atoms in total. The lowest BCUT2D eigenvalue weighted by atomic mass is 10.2. The summed E-state index contributed by atoms with van der Waals surface area (Å²) in [6.45, 7) is 4.62. The van der Waals surface area contributed by atoms with Crippen LogP contribution in [0.25, 0.3) is 0 Å². The van der Waals surface area contributed by atoms with Crippen LogP contribution in [0.4, 0.5) is 0 Å². The van der Waals surface area contributed by atoms with Gasteiger partial charge < -0.3 is 15.0 Å². The molecule has 0 bridgehead atoms. The van der Waals surface area contributed by atoms with Gasteiger partial charge in [-0.25, -0.2) is 0 Å². The number of thioether (sulfide) groups is 1. The second-order valence-electron chi connectivity index (χ2n) is 3.73. The average Bonchev–Trinajstić information content (AvgIpc) is 2.82. The van der Waals surface area contributed by atoms with Gasteiger partial charge in [-0.2, -0.15) is 16.7 Å². The van der Waals surface area contributed by atoms with Crippen molar-refractivity contribution in [1.29, 1.82) is 0 Å². The van der Waals surface area contributed by atoms with Crippen LogP contribution in [0.3, 0.4) is 0 Å². The van der Waals surface area contributed by atoms with Gasteiger partial charge in [-0.3, -0.25) is 0 Å². The number of rotatable bonds is 8. The van der Waals surface area contributed by atoms with Crippen LogP contribution in [-0.2, 0) is 4.74 Å². The molecule has 1 heterocycles. The molecular formula is C11H21N3O2S. The van der Waals surface area contributed by atoms with Crippen molar-refractivity contribution >= 4 is 11.8 Å². The fourth-order valence-corrected chi connectivity index (χ4v) is 1.96. The van der Waals surface area contributed by atoms with Crippen molar-refractivity contribution < 1.29 is 9.26 Å². The van der Waals surface area contributed by atoms with Gasteiger partial charge in [0, 0.05) is 6.61 Å². The van der Waals surface area contributed by atoms with Gasteiger partial charge in [-0.15, -0.1) is 0 Å². The first kappa shape index (κ1) is 14.5. The summed E-state index contributed by atoms with van der Waals surface area (Å²) in [4.78, 5) is 4.32. The molecule has 0 fully saturated rings. The Morgan fingerprint density at radius 3 is 2.82 bits per heavy atom. The number of hydrogen-bond donors (Lipinski definition) is 1. The van der Waals surface area contributed by atoms with Gasteiger partial charge in [0.15, 0.2) is 0 Å². The first-order chi connectivity index (χ1) is 8.22. The summed E-state index contributed by atoms with van der Waals surface area (Å²) in [5.41, 5.74) is 5.96. The first-order valence-corrected chi connectivity index (χ1v) is 7.31. The molecule has 1 rings (SSSR count). The highest BCUT2D eigenvalue weighted by atomic mass is 32.2. The van der Waals surface area contributed by atoms with Gasteiger partial charge in [-0.05, 0) is 31.8 Å². The predicted molar refractivity (Wildman–Crippen MR) is 68.9 cm³/mol. The second-order valence-corrected chi connectivity index (χ2v) is 4.72. The Bertz CT molecular complexity index is 319. The fraction of sp³-hybridized carbons (Fsp3) is 0.818. The van der Waals surface area contributed by atoms with Crippen LogP contribution < -0.4 is 5.73 Å². The highest BCUT2D eigenvalue weighted by molar-refractivity contribution is 7.98. The Hall–Kier alpha value is -0.590. The standard InChI is InChI=1S/C11H21N3O2S/c1-4-9(15-5-2)10-13-11(16-14-10)8(12)6-7-17-3/h8-9H,4-7,12H2,1-3H3. The molecule has 0 aliphatic carbocycles. The van der Waals surface area contributed by atoms with E-state index in [9.17, 15) is 0 Å². The Labute approximate surface area is 106 Å². The molecule has 0 spiro atoms. The van der Waals surface area contributed by atoms with E-state index in [2.05, 4.69) is 10.1 Å².